The average molecular weight is 791 g/mol. The molecule has 262 valence electrons. The van der Waals surface area contributed by atoms with E-state index in [1.165, 1.54) is 5.56 Å². The predicted octanol–water partition coefficient (Wildman–Crippen LogP) is 6.41. The summed E-state index contributed by atoms with van der Waals surface area (Å²) in [6, 6.07) is 19.5. The number of carboxylic acids is 1. The molecule has 0 saturated heterocycles. The lowest BCUT2D eigenvalue weighted by Crippen LogP contribution is -2.62. The maximum atomic E-state index is 12.5. The van der Waals surface area contributed by atoms with Gasteiger partial charge < -0.3 is 38.1 Å². The summed E-state index contributed by atoms with van der Waals surface area (Å²) in [4.78, 5) is 14.9. The second-order valence-electron chi connectivity index (χ2n) is 13.8. The van der Waals surface area contributed by atoms with E-state index in [1.807, 2.05) is 25.2 Å². The molecule has 8 rings (SSSR count). The highest BCUT2D eigenvalue weighted by Gasteiger charge is 2.44. The zero-order valence-electron chi connectivity index (χ0n) is 29.4. The van der Waals surface area contributed by atoms with Crippen LogP contribution in [-0.2, 0) is 30.5 Å². The maximum Gasteiger partial charge on any atom is 0.169 e. The molecule has 0 N–H and O–H groups in total. The number of carbonyl (C=O) groups excluding carboxylic acids is 1. The number of nitrogens with zero attached hydrogens (tertiary/aromatic N) is 2. The van der Waals surface area contributed by atoms with Crippen molar-refractivity contribution in [2.24, 2.45) is 0 Å². The Hall–Kier alpha value is -4.00. The van der Waals surface area contributed by atoms with Crippen LogP contribution in [0.2, 0.25) is 0 Å². The average Bonchev–Trinajstić information content (AvgIpc) is 3.11. The van der Waals surface area contributed by atoms with Gasteiger partial charge in [-0.2, -0.15) is 0 Å². The second-order valence-corrected chi connectivity index (χ2v) is 14.9. The van der Waals surface area contributed by atoms with E-state index in [9.17, 15) is 9.90 Å². The fourth-order valence-corrected chi connectivity index (χ4v) is 8.75. The van der Waals surface area contributed by atoms with Crippen molar-refractivity contribution in [3.8, 4) is 40.2 Å². The van der Waals surface area contributed by atoms with E-state index in [2.05, 4.69) is 77.0 Å². The summed E-state index contributed by atoms with van der Waals surface area (Å²) in [6.45, 7) is 3.28. The number of likely N-dealkylation sites (N-methyl/N-ethyl adjacent to an activating group) is 2. The molecule has 0 saturated carbocycles. The third-order valence-corrected chi connectivity index (χ3v) is 12.2. The number of benzene rings is 4. The van der Waals surface area contributed by atoms with Crippen molar-refractivity contribution in [2.45, 2.75) is 50.7 Å². The Labute approximate surface area is 307 Å². The number of fused-ring (bicyclic) bond motifs is 2. The van der Waals surface area contributed by atoms with Crippen LogP contribution in [0.4, 0.5) is 0 Å². The Kier molecular flexibility index (Phi) is 9.38. The van der Waals surface area contributed by atoms with E-state index in [0.717, 1.165) is 55.9 Å². The monoisotopic (exact) mass is 790 g/mol. The summed E-state index contributed by atoms with van der Waals surface area (Å²) in [5, 5.41) is 12.5. The molecule has 4 aliphatic rings. The molecule has 50 heavy (non-hydrogen) atoms. The minimum absolute atomic E-state index is 0.00664. The third kappa shape index (κ3) is 6.05. The lowest BCUT2D eigenvalue weighted by molar-refractivity contribution is -0.956. The molecule has 0 fully saturated rings. The first-order valence-electron chi connectivity index (χ1n) is 17.0. The molecule has 0 radical (unpaired) electrons. The van der Waals surface area contributed by atoms with Gasteiger partial charge in [0.05, 0.1) is 44.5 Å². The number of carboxylic acid groups (broad SMARTS) is 1. The molecule has 6 bridgehead atoms. The lowest BCUT2D eigenvalue weighted by Gasteiger charge is -2.50. The lowest BCUT2D eigenvalue weighted by atomic mass is 9.85. The van der Waals surface area contributed by atoms with Gasteiger partial charge in [0.15, 0.2) is 23.0 Å². The van der Waals surface area contributed by atoms with E-state index < -0.39 is 12.0 Å². The van der Waals surface area contributed by atoms with Gasteiger partial charge in [0.2, 0.25) is 0 Å². The van der Waals surface area contributed by atoms with Crippen LogP contribution in [0.3, 0.4) is 0 Å². The first-order chi connectivity index (χ1) is 24.0. The van der Waals surface area contributed by atoms with Crippen molar-refractivity contribution in [3.05, 3.63) is 97.6 Å². The van der Waals surface area contributed by atoms with E-state index in [-0.39, 0.29) is 12.1 Å². The van der Waals surface area contributed by atoms with Crippen LogP contribution < -0.4 is 28.8 Å². The van der Waals surface area contributed by atoms with Gasteiger partial charge in [-0.15, -0.1) is 0 Å². The highest BCUT2D eigenvalue weighted by Crippen LogP contribution is 2.50. The molecule has 9 nitrogen and oxygen atoms in total. The van der Waals surface area contributed by atoms with Crippen LogP contribution in [0.5, 0.6) is 40.2 Å². The standard InChI is InChI=1S/C40H43IN2O7/c1-23(40(44)45)43(3)16-14-26-20-33(47-5)35-22-29(26)31(43)18-24-7-10-28(11-8-24)49-34-19-25(9-12-32(34)46-4)17-30-37-27(13-15-42(30)2)21-36(48-6)38(41)39(37)50-35/h7-12,19-23,30-31H,13-18H2,1-6H3. The number of methoxy groups -OCH3 is 3. The molecule has 10 heteroatoms. The number of ether oxygens (including phenoxy) is 5. The third-order valence-electron chi connectivity index (χ3n) is 11.2. The predicted molar refractivity (Wildman–Crippen MR) is 197 cm³/mol. The Balaban J connectivity index is 1.48. The van der Waals surface area contributed by atoms with Crippen molar-refractivity contribution in [1.82, 2.24) is 4.90 Å². The van der Waals surface area contributed by atoms with Crippen molar-refractivity contribution >= 4 is 28.6 Å². The van der Waals surface area contributed by atoms with Crippen LogP contribution in [-0.4, -0.2) is 69.9 Å². The van der Waals surface area contributed by atoms with Gasteiger partial charge in [-0.1, -0.05) is 18.2 Å². The van der Waals surface area contributed by atoms with Crippen molar-refractivity contribution in [2.75, 3.05) is 48.5 Å². The molecule has 0 aromatic heterocycles. The van der Waals surface area contributed by atoms with E-state index in [0.29, 0.717) is 59.0 Å². The minimum Gasteiger partial charge on any atom is -0.544 e. The van der Waals surface area contributed by atoms with Gasteiger partial charge in [-0.05, 0) is 114 Å². The van der Waals surface area contributed by atoms with Crippen LogP contribution in [0.25, 0.3) is 0 Å². The number of quaternary nitrogens is 1. The summed E-state index contributed by atoms with van der Waals surface area (Å²) in [5.41, 5.74) is 6.63. The van der Waals surface area contributed by atoms with Gasteiger partial charge in [0.1, 0.15) is 29.3 Å². The number of hydrogen-bond acceptors (Lipinski definition) is 8. The molecule has 0 aliphatic carbocycles. The molecule has 4 unspecified atom stereocenters. The highest BCUT2D eigenvalue weighted by molar-refractivity contribution is 14.1. The molecule has 4 atom stereocenters. The smallest absolute Gasteiger partial charge is 0.169 e. The molecule has 0 amide bonds. The van der Waals surface area contributed by atoms with E-state index >= 15 is 0 Å². The fraction of sp³-hybridized carbons (Fsp3) is 0.375. The van der Waals surface area contributed by atoms with Crippen LogP contribution in [0.1, 0.15) is 52.4 Å². The van der Waals surface area contributed by atoms with Gasteiger partial charge in [0, 0.05) is 36.6 Å². The zero-order valence-corrected chi connectivity index (χ0v) is 31.5. The zero-order chi connectivity index (χ0) is 35.3. The number of halogens is 1. The Bertz CT molecular complexity index is 1950. The van der Waals surface area contributed by atoms with Gasteiger partial charge >= 0.3 is 0 Å². The minimum atomic E-state index is -1.06. The second kappa shape index (κ2) is 13.6. The highest BCUT2D eigenvalue weighted by atomic mass is 127. The van der Waals surface area contributed by atoms with Crippen molar-refractivity contribution in [1.29, 1.82) is 0 Å². The van der Waals surface area contributed by atoms with E-state index in [1.54, 1.807) is 28.3 Å². The van der Waals surface area contributed by atoms with Crippen molar-refractivity contribution in [3.63, 3.8) is 0 Å². The molecular weight excluding hydrogens is 747 g/mol. The largest absolute Gasteiger partial charge is 0.544 e. The summed E-state index contributed by atoms with van der Waals surface area (Å²) >= 11 is 2.33. The van der Waals surface area contributed by atoms with Crippen LogP contribution in [0.15, 0.2) is 60.7 Å². The van der Waals surface area contributed by atoms with Gasteiger partial charge in [-0.25, -0.2) is 0 Å². The Morgan fingerprint density at radius 2 is 1.56 bits per heavy atom. The first-order valence-corrected chi connectivity index (χ1v) is 18.1. The molecule has 0 spiro atoms. The molecular formula is C40H43IN2O7. The first kappa shape index (κ1) is 34.4. The molecule has 4 aromatic rings. The quantitative estimate of drug-likeness (QED) is 0.169. The molecule has 4 heterocycles. The molecule has 4 aliphatic heterocycles. The van der Waals surface area contributed by atoms with Gasteiger partial charge in [-0.3, -0.25) is 4.90 Å². The summed E-state index contributed by atoms with van der Waals surface area (Å²) in [6.07, 6.45) is 2.85. The summed E-state index contributed by atoms with van der Waals surface area (Å²) < 4.78 is 32.3. The SMILES string of the molecule is COc1ccc2cc1Oc1ccc(cc1)CC1c3cc(c(OC)cc3CC[N+]1(C)C(C)C(=O)[O-])Oc1c(I)c(OC)cc3c1C(C2)N(C)CC3. The normalized spacial score (nSPS) is 21.8. The van der Waals surface area contributed by atoms with Crippen LogP contribution >= 0.6 is 22.6 Å². The van der Waals surface area contributed by atoms with Crippen molar-refractivity contribution < 1.29 is 38.1 Å². The summed E-state index contributed by atoms with van der Waals surface area (Å²) in [5.74, 6) is 3.64. The Morgan fingerprint density at radius 1 is 0.880 bits per heavy atom. The number of hydrogen-bond donors (Lipinski definition) is 0. The Morgan fingerprint density at radius 3 is 2.26 bits per heavy atom. The maximum absolute atomic E-state index is 12.5. The number of carbonyl (C=O) groups is 1. The number of aliphatic carboxylic acids is 1. The topological polar surface area (TPSA) is 89.5 Å². The van der Waals surface area contributed by atoms with Crippen LogP contribution in [0, 0.1) is 3.57 Å². The number of rotatable bonds is 5. The molecule has 4 aromatic carbocycles. The summed E-state index contributed by atoms with van der Waals surface area (Å²) in [7, 11) is 9.20. The van der Waals surface area contributed by atoms with E-state index in [4.69, 9.17) is 23.7 Å². The van der Waals surface area contributed by atoms with Gasteiger partial charge in [0.25, 0.3) is 0 Å². The fourth-order valence-electron chi connectivity index (χ4n) is 7.97.